The van der Waals surface area contributed by atoms with Crippen molar-refractivity contribution in [2.45, 2.75) is 39.2 Å². The molecule has 5 rings (SSSR count). The van der Waals surface area contributed by atoms with Gasteiger partial charge in [-0.1, -0.05) is 6.07 Å². The molecule has 2 aliphatic rings. The van der Waals surface area contributed by atoms with Crippen molar-refractivity contribution in [1.82, 2.24) is 5.32 Å². The zero-order chi connectivity index (χ0) is 20.0. The van der Waals surface area contributed by atoms with Gasteiger partial charge in [-0.15, -0.1) is 0 Å². The summed E-state index contributed by atoms with van der Waals surface area (Å²) in [7, 11) is 0. The number of aryl methyl sites for hydroxylation is 2. The Kier molecular flexibility index (Phi) is 4.46. The number of amides is 1. The van der Waals surface area contributed by atoms with Crippen LogP contribution in [-0.2, 0) is 11.2 Å². The predicted molar refractivity (Wildman–Crippen MR) is 110 cm³/mol. The number of nitrogens with one attached hydrogen (secondary N) is 1. The van der Waals surface area contributed by atoms with Crippen LogP contribution < -0.4 is 14.8 Å². The van der Waals surface area contributed by atoms with Gasteiger partial charge in [-0.3, -0.25) is 4.79 Å². The van der Waals surface area contributed by atoms with Gasteiger partial charge in [0.25, 0.3) is 0 Å². The molecule has 1 fully saturated rings. The van der Waals surface area contributed by atoms with Gasteiger partial charge in [-0.05, 0) is 73.6 Å². The molecule has 1 aliphatic carbocycles. The molecule has 29 heavy (non-hydrogen) atoms. The maximum Gasteiger partial charge on any atom is 0.225 e. The van der Waals surface area contributed by atoms with E-state index < -0.39 is 0 Å². The molecule has 5 heteroatoms. The first-order chi connectivity index (χ1) is 14.1. The Hall–Kier alpha value is -2.95. The summed E-state index contributed by atoms with van der Waals surface area (Å²) in [6.07, 6.45) is 4.28. The third-order valence-electron chi connectivity index (χ3n) is 5.96. The topological polar surface area (TPSA) is 60.7 Å². The average molecular weight is 391 g/mol. The number of ether oxygens (including phenoxy) is 2. The van der Waals surface area contributed by atoms with E-state index in [9.17, 15) is 4.79 Å². The molecule has 0 saturated heterocycles. The van der Waals surface area contributed by atoms with Crippen LogP contribution in [0.15, 0.2) is 41.0 Å². The summed E-state index contributed by atoms with van der Waals surface area (Å²) in [4.78, 5) is 12.9. The van der Waals surface area contributed by atoms with Crippen molar-refractivity contribution >= 4 is 16.9 Å². The highest BCUT2D eigenvalue weighted by Gasteiger charge is 2.34. The minimum atomic E-state index is 0.000437. The predicted octanol–water partition coefficient (Wildman–Crippen LogP) is 4.63. The molecule has 1 amide bonds. The first-order valence-corrected chi connectivity index (χ1v) is 10.2. The Morgan fingerprint density at radius 2 is 1.83 bits per heavy atom. The third-order valence-corrected chi connectivity index (χ3v) is 5.96. The lowest BCUT2D eigenvalue weighted by Gasteiger charge is -2.23. The fourth-order valence-electron chi connectivity index (χ4n) is 4.03. The number of rotatable bonds is 5. The number of carbonyl (C=O) groups is 1. The standard InChI is InChI=1S/C24H25NO4/c1-14-9-19-18(13-29-21(19)10-15(14)2)12-23(26)25-24(16-3-4-16)17-5-6-20-22(11-17)28-8-7-27-20/h5-6,9-11,13,16,24H,3-4,7-8,12H2,1-2H3,(H,25,26). The van der Waals surface area contributed by atoms with Crippen LogP contribution in [-0.4, -0.2) is 19.1 Å². The normalized spacial score (nSPS) is 16.6. The van der Waals surface area contributed by atoms with Crippen molar-refractivity contribution in [3.8, 4) is 11.5 Å². The second-order valence-corrected chi connectivity index (χ2v) is 8.16. The quantitative estimate of drug-likeness (QED) is 0.689. The van der Waals surface area contributed by atoms with Crippen LogP contribution in [0.25, 0.3) is 11.0 Å². The van der Waals surface area contributed by atoms with Crippen molar-refractivity contribution in [3.05, 3.63) is 58.8 Å². The Balaban J connectivity index is 1.35. The summed E-state index contributed by atoms with van der Waals surface area (Å²) < 4.78 is 17.0. The highest BCUT2D eigenvalue weighted by atomic mass is 16.6. The van der Waals surface area contributed by atoms with E-state index >= 15 is 0 Å². The lowest BCUT2D eigenvalue weighted by molar-refractivity contribution is -0.121. The van der Waals surface area contributed by atoms with Crippen molar-refractivity contribution in [1.29, 1.82) is 0 Å². The largest absolute Gasteiger partial charge is 0.486 e. The molecule has 1 atom stereocenters. The number of hydrogen-bond donors (Lipinski definition) is 1. The van der Waals surface area contributed by atoms with Gasteiger partial charge in [0.1, 0.15) is 18.8 Å². The first kappa shape index (κ1) is 18.1. The van der Waals surface area contributed by atoms with E-state index in [0.29, 0.717) is 25.6 Å². The number of fused-ring (bicyclic) bond motifs is 2. The van der Waals surface area contributed by atoms with Crippen LogP contribution in [0.2, 0.25) is 0 Å². The number of hydrogen-bond acceptors (Lipinski definition) is 4. The smallest absolute Gasteiger partial charge is 0.225 e. The highest BCUT2D eigenvalue weighted by molar-refractivity contribution is 5.88. The summed E-state index contributed by atoms with van der Waals surface area (Å²) in [5.74, 6) is 2.03. The molecular weight excluding hydrogens is 366 g/mol. The Morgan fingerprint density at radius 3 is 2.62 bits per heavy atom. The minimum absolute atomic E-state index is 0.000437. The van der Waals surface area contributed by atoms with E-state index in [0.717, 1.165) is 46.4 Å². The van der Waals surface area contributed by atoms with Gasteiger partial charge < -0.3 is 19.2 Å². The van der Waals surface area contributed by atoms with Gasteiger partial charge in [0, 0.05) is 10.9 Å². The molecule has 5 nitrogen and oxygen atoms in total. The van der Waals surface area contributed by atoms with Gasteiger partial charge in [0.15, 0.2) is 11.5 Å². The van der Waals surface area contributed by atoms with Crippen LogP contribution in [0.1, 0.15) is 41.1 Å². The fourth-order valence-corrected chi connectivity index (χ4v) is 4.03. The lowest BCUT2D eigenvalue weighted by Crippen LogP contribution is -2.31. The summed E-state index contributed by atoms with van der Waals surface area (Å²) in [5, 5.41) is 4.27. The molecule has 0 spiro atoms. The molecule has 0 radical (unpaired) electrons. The molecule has 2 heterocycles. The Labute approximate surface area is 170 Å². The molecule has 1 unspecified atom stereocenters. The van der Waals surface area contributed by atoms with Crippen LogP contribution >= 0.6 is 0 Å². The third kappa shape index (κ3) is 3.57. The van der Waals surface area contributed by atoms with Crippen LogP contribution in [0.3, 0.4) is 0 Å². The van der Waals surface area contributed by atoms with Gasteiger partial charge in [0.2, 0.25) is 5.91 Å². The summed E-state index contributed by atoms with van der Waals surface area (Å²) in [6.45, 7) is 5.28. The second kappa shape index (κ2) is 7.14. The van der Waals surface area contributed by atoms with E-state index in [1.165, 1.54) is 11.1 Å². The molecule has 1 N–H and O–H groups in total. The molecule has 3 aromatic rings. The number of carbonyl (C=O) groups excluding carboxylic acids is 1. The van der Waals surface area contributed by atoms with Crippen molar-refractivity contribution in [2.75, 3.05) is 13.2 Å². The van der Waals surface area contributed by atoms with Gasteiger partial charge in [-0.2, -0.15) is 0 Å². The van der Waals surface area contributed by atoms with Crippen LogP contribution in [0.4, 0.5) is 0 Å². The van der Waals surface area contributed by atoms with Crippen molar-refractivity contribution < 1.29 is 18.7 Å². The van der Waals surface area contributed by atoms with E-state index in [1.807, 2.05) is 24.3 Å². The zero-order valence-electron chi connectivity index (χ0n) is 16.8. The molecule has 2 aromatic carbocycles. The Morgan fingerprint density at radius 1 is 1.07 bits per heavy atom. The van der Waals surface area contributed by atoms with E-state index in [1.54, 1.807) is 6.26 Å². The molecular formula is C24H25NO4. The van der Waals surface area contributed by atoms with E-state index in [-0.39, 0.29) is 11.9 Å². The highest BCUT2D eigenvalue weighted by Crippen LogP contribution is 2.43. The van der Waals surface area contributed by atoms with Gasteiger partial charge in [-0.25, -0.2) is 0 Å². The summed E-state index contributed by atoms with van der Waals surface area (Å²) >= 11 is 0. The fraction of sp³-hybridized carbons (Fsp3) is 0.375. The molecule has 150 valence electrons. The monoisotopic (exact) mass is 391 g/mol. The summed E-state index contributed by atoms with van der Waals surface area (Å²) in [5.41, 5.74) is 5.23. The van der Waals surface area contributed by atoms with Gasteiger partial charge in [0.05, 0.1) is 18.7 Å². The summed E-state index contributed by atoms with van der Waals surface area (Å²) in [6, 6.07) is 10.1. The maximum absolute atomic E-state index is 12.9. The van der Waals surface area contributed by atoms with E-state index in [2.05, 4.69) is 25.2 Å². The zero-order valence-corrected chi connectivity index (χ0v) is 16.8. The average Bonchev–Trinajstić information content (AvgIpc) is 3.50. The Bertz CT molecular complexity index is 1080. The van der Waals surface area contributed by atoms with Crippen LogP contribution in [0.5, 0.6) is 11.5 Å². The SMILES string of the molecule is Cc1cc2occ(CC(=O)NC(c3ccc4c(c3)OCCO4)C3CC3)c2cc1C. The van der Waals surface area contributed by atoms with Crippen molar-refractivity contribution in [3.63, 3.8) is 0 Å². The van der Waals surface area contributed by atoms with Gasteiger partial charge >= 0.3 is 0 Å². The molecule has 0 bridgehead atoms. The maximum atomic E-state index is 12.9. The van der Waals surface area contributed by atoms with Crippen molar-refractivity contribution in [2.24, 2.45) is 5.92 Å². The molecule has 1 aromatic heterocycles. The first-order valence-electron chi connectivity index (χ1n) is 10.2. The number of benzene rings is 2. The molecule has 1 saturated carbocycles. The van der Waals surface area contributed by atoms with E-state index in [4.69, 9.17) is 13.9 Å². The van der Waals surface area contributed by atoms with Crippen LogP contribution in [0, 0.1) is 19.8 Å². The molecule has 1 aliphatic heterocycles. The second-order valence-electron chi connectivity index (χ2n) is 8.16. The lowest BCUT2D eigenvalue weighted by atomic mass is 10.0. The minimum Gasteiger partial charge on any atom is -0.486 e. The number of furan rings is 1.